The molecule has 1 rings (SSSR count). The Morgan fingerprint density at radius 3 is 3.50 bits per heavy atom. The van der Waals surface area contributed by atoms with E-state index < -0.39 is 25.3 Å². The SMILES string of the molecule is [2H]C([2H])([2H])C([2H])([2H])C([2H])([2H])c1ccnc(N)n1. The van der Waals surface area contributed by atoms with Crippen LogP contribution >= 0.6 is 0 Å². The molecule has 3 heteroatoms. The fourth-order valence-corrected chi connectivity index (χ4v) is 0.507. The highest BCUT2D eigenvalue weighted by Crippen LogP contribution is 1.98. The van der Waals surface area contributed by atoms with Crippen LogP contribution in [0.4, 0.5) is 5.95 Å². The summed E-state index contributed by atoms with van der Waals surface area (Å²) in [5.74, 6) is -0.243. The van der Waals surface area contributed by atoms with Gasteiger partial charge in [0.15, 0.2) is 0 Å². The molecule has 0 aromatic carbocycles. The van der Waals surface area contributed by atoms with Gasteiger partial charge in [-0.1, -0.05) is 13.2 Å². The fraction of sp³-hybridized carbons (Fsp3) is 0.429. The van der Waals surface area contributed by atoms with Crippen LogP contribution in [-0.4, -0.2) is 9.97 Å². The third kappa shape index (κ3) is 1.69. The summed E-state index contributed by atoms with van der Waals surface area (Å²) in [5.41, 5.74) is 4.86. The van der Waals surface area contributed by atoms with E-state index in [0.29, 0.717) is 0 Å². The van der Waals surface area contributed by atoms with Crippen molar-refractivity contribution in [1.29, 1.82) is 0 Å². The second kappa shape index (κ2) is 3.15. The van der Waals surface area contributed by atoms with Gasteiger partial charge in [-0.05, 0) is 12.4 Å². The highest BCUT2D eigenvalue weighted by atomic mass is 15.0. The predicted octanol–water partition coefficient (Wildman–Crippen LogP) is 1.01. The molecule has 1 aromatic heterocycles. The van der Waals surface area contributed by atoms with Crippen molar-refractivity contribution < 1.29 is 9.60 Å². The molecule has 0 aliphatic heterocycles. The minimum Gasteiger partial charge on any atom is -0.368 e. The van der Waals surface area contributed by atoms with Crippen LogP contribution in [0.3, 0.4) is 0 Å². The number of anilines is 1. The van der Waals surface area contributed by atoms with E-state index in [4.69, 9.17) is 15.3 Å². The third-order valence-electron chi connectivity index (χ3n) is 0.865. The highest BCUT2D eigenvalue weighted by Gasteiger charge is 1.92. The Balaban J connectivity index is 3.28. The van der Waals surface area contributed by atoms with E-state index in [1.807, 2.05) is 0 Å². The lowest BCUT2D eigenvalue weighted by Crippen LogP contribution is -1.97. The average Bonchev–Trinajstić information content (AvgIpc) is 2.15. The van der Waals surface area contributed by atoms with Crippen molar-refractivity contribution in [2.24, 2.45) is 0 Å². The summed E-state index contributed by atoms with van der Waals surface area (Å²) >= 11 is 0. The maximum absolute atomic E-state index is 7.61. The minimum atomic E-state index is -3.11. The first-order valence-electron chi connectivity index (χ1n) is 6.09. The van der Waals surface area contributed by atoms with Gasteiger partial charge in [0, 0.05) is 21.5 Å². The Labute approximate surface area is 70.1 Å². The molecule has 0 aliphatic carbocycles. The molecular weight excluding hydrogens is 126 g/mol. The topological polar surface area (TPSA) is 51.8 Å². The van der Waals surface area contributed by atoms with Gasteiger partial charge in [0.1, 0.15) is 0 Å². The van der Waals surface area contributed by atoms with E-state index in [2.05, 4.69) is 9.97 Å². The molecule has 0 spiro atoms. The summed E-state index contributed by atoms with van der Waals surface area (Å²) in [4.78, 5) is 7.06. The number of aryl methyl sites for hydroxylation is 1. The van der Waals surface area contributed by atoms with Gasteiger partial charge in [0.25, 0.3) is 0 Å². The molecule has 0 radical (unpaired) electrons. The quantitative estimate of drug-likeness (QED) is 0.674. The molecule has 0 aliphatic rings. The third-order valence-corrected chi connectivity index (χ3v) is 0.865. The molecule has 0 amide bonds. The Hall–Kier alpha value is -1.12. The Kier molecular flexibility index (Phi) is 0.689. The first-order valence-corrected chi connectivity index (χ1v) is 2.59. The van der Waals surface area contributed by atoms with E-state index in [1.54, 1.807) is 0 Å². The number of hydrogen-bond acceptors (Lipinski definition) is 3. The van der Waals surface area contributed by atoms with Crippen molar-refractivity contribution >= 4 is 5.95 Å². The molecule has 2 N–H and O–H groups in total. The average molecular weight is 144 g/mol. The Morgan fingerprint density at radius 1 is 1.90 bits per heavy atom. The van der Waals surface area contributed by atoms with Crippen LogP contribution in [0, 0.1) is 0 Å². The largest absolute Gasteiger partial charge is 0.368 e. The van der Waals surface area contributed by atoms with Gasteiger partial charge >= 0.3 is 0 Å². The summed E-state index contributed by atoms with van der Waals surface area (Å²) in [6.07, 6.45) is -4.73. The van der Waals surface area contributed by atoms with Gasteiger partial charge in [-0.15, -0.1) is 0 Å². The predicted molar refractivity (Wildman–Crippen MR) is 40.4 cm³/mol. The van der Waals surface area contributed by atoms with Crippen molar-refractivity contribution in [3.05, 3.63) is 18.0 Å². The maximum Gasteiger partial charge on any atom is 0.220 e. The number of rotatable bonds is 2. The van der Waals surface area contributed by atoms with Crippen molar-refractivity contribution in [2.45, 2.75) is 19.6 Å². The molecule has 1 aromatic rings. The lowest BCUT2D eigenvalue weighted by Gasteiger charge is -1.96. The van der Waals surface area contributed by atoms with Gasteiger partial charge in [0.2, 0.25) is 5.95 Å². The van der Waals surface area contributed by atoms with Crippen LogP contribution in [0.2, 0.25) is 0 Å². The summed E-state index contributed by atoms with van der Waals surface area (Å²) in [7, 11) is 0. The van der Waals surface area contributed by atoms with E-state index in [0.717, 1.165) is 12.3 Å². The zero-order valence-electron chi connectivity index (χ0n) is 12.1. The van der Waals surface area contributed by atoms with Crippen LogP contribution in [0.15, 0.2) is 12.3 Å². The number of hydrogen-bond donors (Lipinski definition) is 1. The number of nitrogen functional groups attached to an aromatic ring is 1. The summed E-state index contributed by atoms with van der Waals surface area (Å²) in [6.45, 7) is -3.11. The van der Waals surface area contributed by atoms with Crippen LogP contribution in [0.5, 0.6) is 0 Å². The molecule has 0 saturated heterocycles. The van der Waals surface area contributed by atoms with Crippen molar-refractivity contribution in [2.75, 3.05) is 5.73 Å². The first kappa shape index (κ1) is 2.19. The van der Waals surface area contributed by atoms with Crippen molar-refractivity contribution in [3.63, 3.8) is 0 Å². The smallest absolute Gasteiger partial charge is 0.220 e. The van der Waals surface area contributed by atoms with Gasteiger partial charge in [-0.25, -0.2) is 9.97 Å². The highest BCUT2D eigenvalue weighted by molar-refractivity contribution is 5.16. The molecule has 54 valence electrons. The zero-order chi connectivity index (χ0) is 13.5. The van der Waals surface area contributed by atoms with Gasteiger partial charge in [0.05, 0.1) is 0 Å². The monoisotopic (exact) mass is 144 g/mol. The summed E-state index contributed by atoms with van der Waals surface area (Å²) in [5, 5.41) is 0. The zero-order valence-corrected chi connectivity index (χ0v) is 5.13. The lowest BCUT2D eigenvalue weighted by molar-refractivity contribution is 0.876. The number of nitrogens with two attached hydrogens (primary N) is 1. The molecule has 0 saturated carbocycles. The molecule has 10 heavy (non-hydrogen) atoms. The number of nitrogens with zero attached hydrogens (tertiary/aromatic N) is 2. The minimum absolute atomic E-state index is 0.243. The fourth-order valence-electron chi connectivity index (χ4n) is 0.507. The van der Waals surface area contributed by atoms with E-state index in [9.17, 15) is 0 Å². The lowest BCUT2D eigenvalue weighted by atomic mass is 10.2. The van der Waals surface area contributed by atoms with Gasteiger partial charge in [-0.3, -0.25) is 0 Å². The second-order valence-electron chi connectivity index (χ2n) is 1.55. The molecule has 0 bridgehead atoms. The van der Waals surface area contributed by atoms with Crippen LogP contribution in [0.25, 0.3) is 0 Å². The summed E-state index contributed by atoms with van der Waals surface area (Å²) < 4.78 is 51.2. The van der Waals surface area contributed by atoms with Crippen molar-refractivity contribution in [1.82, 2.24) is 9.97 Å². The van der Waals surface area contributed by atoms with Crippen LogP contribution in [0.1, 0.15) is 28.5 Å². The number of aromatic nitrogens is 2. The standard InChI is InChI=1S/C7H11N3/c1-2-3-6-4-5-9-7(8)10-6/h4-5H,2-3H2,1H3,(H2,8,9,10)/i1D3,2D2,3D2. The second-order valence-corrected chi connectivity index (χ2v) is 1.55. The van der Waals surface area contributed by atoms with E-state index in [-0.39, 0.29) is 5.95 Å². The van der Waals surface area contributed by atoms with Crippen LogP contribution < -0.4 is 5.73 Å². The Bertz CT molecular complexity index is 414. The molecular formula is C7H11N3. The molecule has 0 fully saturated rings. The molecule has 3 nitrogen and oxygen atoms in total. The van der Waals surface area contributed by atoms with Gasteiger partial charge < -0.3 is 5.73 Å². The molecule has 1 heterocycles. The molecule has 0 atom stereocenters. The van der Waals surface area contributed by atoms with E-state index in [1.165, 1.54) is 0 Å². The maximum atomic E-state index is 7.61. The first-order chi connectivity index (χ1) is 7.50. The summed E-state index contributed by atoms with van der Waals surface area (Å²) in [6, 6.07) is 1.10. The van der Waals surface area contributed by atoms with E-state index >= 15 is 0 Å². The van der Waals surface area contributed by atoms with Crippen LogP contribution in [-0.2, 0) is 6.37 Å². The normalized spacial score (nSPS) is 24.2. The molecule has 0 unspecified atom stereocenters. The Morgan fingerprint density at radius 2 is 2.80 bits per heavy atom. The van der Waals surface area contributed by atoms with Gasteiger partial charge in [-0.2, -0.15) is 0 Å². The van der Waals surface area contributed by atoms with Crippen molar-refractivity contribution in [3.8, 4) is 0 Å².